The third-order valence-electron chi connectivity index (χ3n) is 2.13. The predicted molar refractivity (Wildman–Crippen MR) is 55.2 cm³/mol. The SMILES string of the molecule is COc1c(/C=C/CO)ccc2c1OCO2. The van der Waals surface area contributed by atoms with Crippen molar-refractivity contribution in [2.75, 3.05) is 20.5 Å². The first-order chi connectivity index (χ1) is 7.36. The topological polar surface area (TPSA) is 47.9 Å². The molecule has 0 aromatic heterocycles. The number of hydrogen-bond donors (Lipinski definition) is 1. The van der Waals surface area contributed by atoms with E-state index in [0.29, 0.717) is 17.2 Å². The van der Waals surface area contributed by atoms with Gasteiger partial charge >= 0.3 is 0 Å². The number of fused-ring (bicyclic) bond motifs is 1. The van der Waals surface area contributed by atoms with Crippen LogP contribution in [0.4, 0.5) is 0 Å². The van der Waals surface area contributed by atoms with E-state index in [0.717, 1.165) is 5.56 Å². The minimum Gasteiger partial charge on any atom is -0.492 e. The molecule has 0 atom stereocenters. The van der Waals surface area contributed by atoms with Crippen molar-refractivity contribution in [1.29, 1.82) is 0 Å². The van der Waals surface area contributed by atoms with Gasteiger partial charge in [0.2, 0.25) is 12.5 Å². The zero-order valence-corrected chi connectivity index (χ0v) is 8.40. The Labute approximate surface area is 87.7 Å². The Bertz CT molecular complexity index is 384. The van der Waals surface area contributed by atoms with Crippen molar-refractivity contribution in [3.05, 3.63) is 23.8 Å². The van der Waals surface area contributed by atoms with Crippen molar-refractivity contribution >= 4 is 6.08 Å². The zero-order chi connectivity index (χ0) is 10.7. The Morgan fingerprint density at radius 3 is 3.07 bits per heavy atom. The van der Waals surface area contributed by atoms with Gasteiger partial charge in [-0.05, 0) is 12.1 Å². The molecule has 1 aromatic carbocycles. The summed E-state index contributed by atoms with van der Waals surface area (Å²) < 4.78 is 15.8. The number of benzene rings is 1. The first kappa shape index (κ1) is 9.86. The second-order valence-corrected chi connectivity index (χ2v) is 3.01. The molecule has 4 nitrogen and oxygen atoms in total. The van der Waals surface area contributed by atoms with Gasteiger partial charge in [-0.1, -0.05) is 12.2 Å². The molecule has 0 spiro atoms. The summed E-state index contributed by atoms with van der Waals surface area (Å²) in [5.41, 5.74) is 0.857. The third kappa shape index (κ3) is 1.76. The van der Waals surface area contributed by atoms with Crippen LogP contribution in [0.15, 0.2) is 18.2 Å². The van der Waals surface area contributed by atoms with E-state index in [4.69, 9.17) is 19.3 Å². The first-order valence-electron chi connectivity index (χ1n) is 4.61. The second kappa shape index (κ2) is 4.23. The maximum atomic E-state index is 8.70. The van der Waals surface area contributed by atoms with Crippen molar-refractivity contribution in [2.45, 2.75) is 0 Å². The zero-order valence-electron chi connectivity index (χ0n) is 8.40. The minimum absolute atomic E-state index is 0.00238. The van der Waals surface area contributed by atoms with Crippen molar-refractivity contribution in [3.63, 3.8) is 0 Å². The van der Waals surface area contributed by atoms with Gasteiger partial charge in [-0.15, -0.1) is 0 Å². The van der Waals surface area contributed by atoms with Gasteiger partial charge in [0.25, 0.3) is 0 Å². The predicted octanol–water partition coefficient (Wildman–Crippen LogP) is 1.43. The average Bonchev–Trinajstić information content (AvgIpc) is 2.73. The normalized spacial score (nSPS) is 13.5. The van der Waals surface area contributed by atoms with Crippen LogP contribution in [0, 0.1) is 0 Å². The lowest BCUT2D eigenvalue weighted by molar-refractivity contribution is 0.171. The van der Waals surface area contributed by atoms with Gasteiger partial charge in [0.05, 0.1) is 13.7 Å². The van der Waals surface area contributed by atoms with E-state index in [9.17, 15) is 0 Å². The number of ether oxygens (including phenoxy) is 3. The molecule has 0 bridgehead atoms. The van der Waals surface area contributed by atoms with E-state index in [2.05, 4.69) is 0 Å². The molecular formula is C11H12O4. The largest absolute Gasteiger partial charge is 0.492 e. The second-order valence-electron chi connectivity index (χ2n) is 3.01. The summed E-state index contributed by atoms with van der Waals surface area (Å²) in [5, 5.41) is 8.70. The van der Waals surface area contributed by atoms with Crippen LogP contribution in [-0.2, 0) is 0 Å². The number of methoxy groups -OCH3 is 1. The lowest BCUT2D eigenvalue weighted by Crippen LogP contribution is -1.94. The van der Waals surface area contributed by atoms with Gasteiger partial charge in [-0.2, -0.15) is 0 Å². The summed E-state index contributed by atoms with van der Waals surface area (Å²) in [6, 6.07) is 3.68. The molecule has 1 aliphatic rings. The molecule has 1 aromatic rings. The molecular weight excluding hydrogens is 196 g/mol. The van der Waals surface area contributed by atoms with E-state index in [1.807, 2.05) is 12.1 Å². The summed E-state index contributed by atoms with van der Waals surface area (Å²) in [6.45, 7) is 0.219. The lowest BCUT2D eigenvalue weighted by atomic mass is 10.1. The highest BCUT2D eigenvalue weighted by Gasteiger charge is 2.20. The van der Waals surface area contributed by atoms with Gasteiger partial charge in [0.15, 0.2) is 11.5 Å². The highest BCUT2D eigenvalue weighted by molar-refractivity contribution is 5.67. The highest BCUT2D eigenvalue weighted by Crippen LogP contribution is 2.43. The molecule has 4 heteroatoms. The Balaban J connectivity index is 2.43. The van der Waals surface area contributed by atoms with Crippen LogP contribution in [0.1, 0.15) is 5.56 Å². The Morgan fingerprint density at radius 1 is 1.47 bits per heavy atom. The fourth-order valence-electron chi connectivity index (χ4n) is 1.48. The first-order valence-corrected chi connectivity index (χ1v) is 4.61. The molecule has 0 aliphatic carbocycles. The molecule has 0 saturated carbocycles. The van der Waals surface area contributed by atoms with E-state index < -0.39 is 0 Å². The number of hydrogen-bond acceptors (Lipinski definition) is 4. The molecule has 1 heterocycles. The van der Waals surface area contributed by atoms with Gasteiger partial charge in [0, 0.05) is 5.56 Å². The number of aliphatic hydroxyl groups is 1. The Hall–Kier alpha value is -1.68. The molecule has 0 saturated heterocycles. The molecule has 80 valence electrons. The average molecular weight is 208 g/mol. The summed E-state index contributed by atoms with van der Waals surface area (Å²) in [6.07, 6.45) is 3.42. The highest BCUT2D eigenvalue weighted by atomic mass is 16.7. The lowest BCUT2D eigenvalue weighted by Gasteiger charge is -2.07. The van der Waals surface area contributed by atoms with Crippen LogP contribution in [0.2, 0.25) is 0 Å². The van der Waals surface area contributed by atoms with Crippen molar-refractivity contribution in [2.24, 2.45) is 0 Å². The molecule has 15 heavy (non-hydrogen) atoms. The maximum Gasteiger partial charge on any atom is 0.231 e. The minimum atomic E-state index is -0.00238. The molecule has 2 rings (SSSR count). The third-order valence-corrected chi connectivity index (χ3v) is 2.13. The van der Waals surface area contributed by atoms with Crippen LogP contribution < -0.4 is 14.2 Å². The Morgan fingerprint density at radius 2 is 2.33 bits per heavy atom. The fraction of sp³-hybridized carbons (Fsp3) is 0.273. The van der Waals surface area contributed by atoms with E-state index in [-0.39, 0.29) is 13.4 Å². The van der Waals surface area contributed by atoms with Crippen LogP contribution in [0.5, 0.6) is 17.2 Å². The number of rotatable bonds is 3. The van der Waals surface area contributed by atoms with Gasteiger partial charge < -0.3 is 19.3 Å². The monoisotopic (exact) mass is 208 g/mol. The van der Waals surface area contributed by atoms with E-state index >= 15 is 0 Å². The van der Waals surface area contributed by atoms with Gasteiger partial charge in [-0.3, -0.25) is 0 Å². The molecule has 0 fully saturated rings. The van der Waals surface area contributed by atoms with Crippen molar-refractivity contribution in [1.82, 2.24) is 0 Å². The summed E-state index contributed by atoms with van der Waals surface area (Å²) in [4.78, 5) is 0. The van der Waals surface area contributed by atoms with Crippen molar-refractivity contribution < 1.29 is 19.3 Å². The van der Waals surface area contributed by atoms with Gasteiger partial charge in [0.1, 0.15) is 0 Å². The van der Waals surface area contributed by atoms with E-state index in [1.54, 1.807) is 19.3 Å². The molecule has 1 aliphatic heterocycles. The van der Waals surface area contributed by atoms with Gasteiger partial charge in [-0.25, -0.2) is 0 Å². The van der Waals surface area contributed by atoms with Crippen LogP contribution in [0.3, 0.4) is 0 Å². The molecule has 1 N–H and O–H groups in total. The number of aliphatic hydroxyl groups excluding tert-OH is 1. The van der Waals surface area contributed by atoms with Crippen molar-refractivity contribution in [3.8, 4) is 17.2 Å². The smallest absolute Gasteiger partial charge is 0.231 e. The standard InChI is InChI=1S/C11H12O4/c1-13-10-8(3-2-6-12)4-5-9-11(10)15-7-14-9/h2-5,12H,6-7H2,1H3/b3-2+. The maximum absolute atomic E-state index is 8.70. The van der Waals surface area contributed by atoms with Crippen LogP contribution in [-0.4, -0.2) is 25.6 Å². The quantitative estimate of drug-likeness (QED) is 0.816. The Kier molecular flexibility index (Phi) is 2.78. The van der Waals surface area contributed by atoms with Crippen LogP contribution in [0.25, 0.3) is 6.08 Å². The summed E-state index contributed by atoms with van der Waals surface area (Å²) >= 11 is 0. The van der Waals surface area contributed by atoms with E-state index in [1.165, 1.54) is 0 Å². The fourth-order valence-corrected chi connectivity index (χ4v) is 1.48. The summed E-state index contributed by atoms with van der Waals surface area (Å²) in [7, 11) is 1.58. The summed E-state index contributed by atoms with van der Waals surface area (Å²) in [5.74, 6) is 1.94. The molecule has 0 radical (unpaired) electrons. The molecule has 0 unspecified atom stereocenters. The van der Waals surface area contributed by atoms with Crippen LogP contribution >= 0.6 is 0 Å². The molecule has 0 amide bonds.